The minimum atomic E-state index is -0.0597. The second-order valence-electron chi connectivity index (χ2n) is 8.99. The first-order valence-electron chi connectivity index (χ1n) is 10.5. The Kier molecular flexibility index (Phi) is 5.65. The number of ether oxygens (including phenoxy) is 1. The Hall–Kier alpha value is -2.31. The largest absolute Gasteiger partial charge is 0.373 e. The molecule has 0 unspecified atom stereocenters. The summed E-state index contributed by atoms with van der Waals surface area (Å²) in [5, 5.41) is 3.69. The average Bonchev–Trinajstić information content (AvgIpc) is 3.10. The van der Waals surface area contributed by atoms with E-state index in [2.05, 4.69) is 53.4 Å². The van der Waals surface area contributed by atoms with Gasteiger partial charge in [0, 0.05) is 36.2 Å². The van der Waals surface area contributed by atoms with E-state index in [4.69, 9.17) is 9.72 Å². The third-order valence-electron chi connectivity index (χ3n) is 5.48. The van der Waals surface area contributed by atoms with Gasteiger partial charge in [0.1, 0.15) is 6.33 Å². The van der Waals surface area contributed by atoms with Gasteiger partial charge in [0.25, 0.3) is 0 Å². The molecule has 0 bridgehead atoms. The van der Waals surface area contributed by atoms with Crippen LogP contribution in [0.3, 0.4) is 0 Å². The van der Waals surface area contributed by atoms with Crippen LogP contribution in [0.1, 0.15) is 57.8 Å². The quantitative estimate of drug-likeness (QED) is 0.699. The lowest BCUT2D eigenvalue weighted by Crippen LogP contribution is -2.37. The molecule has 1 N–H and O–H groups in total. The lowest BCUT2D eigenvalue weighted by atomic mass is 9.92. The van der Waals surface area contributed by atoms with Crippen LogP contribution in [-0.2, 0) is 11.3 Å². The summed E-state index contributed by atoms with van der Waals surface area (Å²) in [5.74, 6) is 0. The predicted octanol–water partition coefficient (Wildman–Crippen LogP) is 4.32. The van der Waals surface area contributed by atoms with Crippen molar-refractivity contribution in [3.8, 4) is 11.3 Å². The lowest BCUT2D eigenvalue weighted by molar-refractivity contribution is -0.0760. The fraction of sp³-hybridized carbons (Fsp3) is 0.522. The summed E-state index contributed by atoms with van der Waals surface area (Å²) in [6, 6.07) is 6.57. The zero-order valence-corrected chi connectivity index (χ0v) is 17.9. The Morgan fingerprint density at radius 2 is 2.00 bits per heavy atom. The number of hydrogen-bond acceptors (Lipinski definition) is 5. The van der Waals surface area contributed by atoms with Crippen LogP contribution in [0.25, 0.3) is 16.9 Å². The van der Waals surface area contributed by atoms with Crippen molar-refractivity contribution in [3.05, 3.63) is 48.3 Å². The molecular formula is C23H31N5O. The third kappa shape index (κ3) is 4.82. The molecular weight excluding hydrogens is 362 g/mol. The Morgan fingerprint density at radius 3 is 2.69 bits per heavy atom. The van der Waals surface area contributed by atoms with Crippen LogP contribution in [0.15, 0.2) is 36.9 Å². The molecule has 0 aromatic carbocycles. The van der Waals surface area contributed by atoms with Crippen LogP contribution in [0.4, 0.5) is 0 Å². The molecule has 0 aliphatic heterocycles. The van der Waals surface area contributed by atoms with Crippen molar-refractivity contribution in [2.75, 3.05) is 0 Å². The highest BCUT2D eigenvalue weighted by atomic mass is 16.5. The van der Waals surface area contributed by atoms with Gasteiger partial charge in [0.15, 0.2) is 5.65 Å². The molecule has 1 aliphatic rings. The van der Waals surface area contributed by atoms with E-state index < -0.39 is 0 Å². The van der Waals surface area contributed by atoms with Crippen molar-refractivity contribution in [1.29, 1.82) is 0 Å². The number of pyridine rings is 1. The topological polar surface area (TPSA) is 64.3 Å². The molecule has 0 radical (unpaired) electrons. The maximum atomic E-state index is 6.14. The van der Waals surface area contributed by atoms with E-state index in [-0.39, 0.29) is 5.60 Å². The zero-order valence-electron chi connectivity index (χ0n) is 17.9. The van der Waals surface area contributed by atoms with E-state index in [1.807, 2.05) is 24.7 Å². The van der Waals surface area contributed by atoms with E-state index >= 15 is 0 Å². The van der Waals surface area contributed by atoms with E-state index in [1.54, 1.807) is 6.20 Å². The Morgan fingerprint density at radius 1 is 1.21 bits per heavy atom. The molecule has 3 aromatic rings. The molecule has 0 atom stereocenters. The van der Waals surface area contributed by atoms with Gasteiger partial charge in [-0.25, -0.2) is 9.97 Å². The van der Waals surface area contributed by atoms with Crippen LogP contribution in [-0.4, -0.2) is 37.1 Å². The molecule has 4 rings (SSSR count). The van der Waals surface area contributed by atoms with Crippen molar-refractivity contribution in [3.63, 3.8) is 0 Å². The summed E-state index contributed by atoms with van der Waals surface area (Å²) in [4.78, 5) is 13.7. The molecule has 154 valence electrons. The molecule has 3 aromatic heterocycles. The number of aryl methyl sites for hydroxylation is 1. The summed E-state index contributed by atoms with van der Waals surface area (Å²) < 4.78 is 8.21. The highest BCUT2D eigenvalue weighted by Crippen LogP contribution is 2.26. The SMILES string of the molecule is Cc1cc(-c2cccnc2)nc2c(CNC3CCC(OC(C)(C)C)CC3)ncn12. The first-order valence-corrected chi connectivity index (χ1v) is 10.5. The number of rotatable bonds is 5. The number of imidazole rings is 1. The van der Waals surface area contributed by atoms with Crippen molar-refractivity contribution in [2.45, 2.75) is 77.7 Å². The van der Waals surface area contributed by atoms with Gasteiger partial charge in [0.2, 0.25) is 0 Å². The highest BCUT2D eigenvalue weighted by molar-refractivity contribution is 5.62. The van der Waals surface area contributed by atoms with E-state index in [0.717, 1.165) is 60.5 Å². The molecule has 0 saturated heterocycles. The Balaban J connectivity index is 1.43. The fourth-order valence-electron chi connectivity index (χ4n) is 4.08. The number of hydrogen-bond donors (Lipinski definition) is 1. The smallest absolute Gasteiger partial charge is 0.161 e. The molecule has 1 fully saturated rings. The summed E-state index contributed by atoms with van der Waals surface area (Å²) in [6.45, 7) is 9.22. The summed E-state index contributed by atoms with van der Waals surface area (Å²) in [5.41, 5.74) is 4.93. The molecule has 6 nitrogen and oxygen atoms in total. The standard InChI is InChI=1S/C23H31N5O/c1-16-12-20(17-6-5-11-24-13-17)27-22-21(26-15-28(16)22)14-25-18-7-9-19(10-8-18)29-23(2,3)4/h5-6,11-13,15,18-19,25H,7-10,14H2,1-4H3. The maximum Gasteiger partial charge on any atom is 0.161 e. The van der Waals surface area contributed by atoms with Crippen molar-refractivity contribution < 1.29 is 4.74 Å². The molecule has 1 saturated carbocycles. The second kappa shape index (κ2) is 8.20. The molecule has 3 heterocycles. The van der Waals surface area contributed by atoms with Gasteiger partial charge in [0.05, 0.1) is 23.1 Å². The average molecular weight is 394 g/mol. The predicted molar refractivity (Wildman–Crippen MR) is 115 cm³/mol. The van der Waals surface area contributed by atoms with Crippen LogP contribution >= 0.6 is 0 Å². The zero-order chi connectivity index (χ0) is 20.4. The minimum Gasteiger partial charge on any atom is -0.373 e. The van der Waals surface area contributed by atoms with Gasteiger partial charge in [-0.3, -0.25) is 9.38 Å². The Labute approximate surface area is 172 Å². The molecule has 0 amide bonds. The maximum absolute atomic E-state index is 6.14. The third-order valence-corrected chi connectivity index (χ3v) is 5.48. The van der Waals surface area contributed by atoms with Crippen molar-refractivity contribution in [1.82, 2.24) is 24.7 Å². The van der Waals surface area contributed by atoms with Crippen LogP contribution in [0.5, 0.6) is 0 Å². The normalized spacial score (nSPS) is 20.3. The first-order chi connectivity index (χ1) is 13.9. The van der Waals surface area contributed by atoms with Crippen LogP contribution < -0.4 is 5.32 Å². The fourth-order valence-corrected chi connectivity index (χ4v) is 4.08. The van der Waals surface area contributed by atoms with Crippen molar-refractivity contribution in [2.24, 2.45) is 0 Å². The first kappa shape index (κ1) is 20.0. The van der Waals surface area contributed by atoms with E-state index in [9.17, 15) is 0 Å². The van der Waals surface area contributed by atoms with Gasteiger partial charge in [-0.1, -0.05) is 0 Å². The van der Waals surface area contributed by atoms with Gasteiger partial charge in [-0.05, 0) is 71.6 Å². The van der Waals surface area contributed by atoms with Gasteiger partial charge >= 0.3 is 0 Å². The second-order valence-corrected chi connectivity index (χ2v) is 8.99. The molecule has 0 spiro atoms. The number of nitrogens with zero attached hydrogens (tertiary/aromatic N) is 4. The lowest BCUT2D eigenvalue weighted by Gasteiger charge is -2.33. The van der Waals surface area contributed by atoms with Gasteiger partial charge < -0.3 is 10.1 Å². The Bertz CT molecular complexity index is 953. The number of fused-ring (bicyclic) bond motifs is 1. The molecule has 1 aliphatic carbocycles. The summed E-state index contributed by atoms with van der Waals surface area (Å²) in [6.07, 6.45) is 10.4. The highest BCUT2D eigenvalue weighted by Gasteiger charge is 2.25. The van der Waals surface area contributed by atoms with E-state index in [0.29, 0.717) is 12.1 Å². The number of aromatic nitrogens is 4. The van der Waals surface area contributed by atoms with Gasteiger partial charge in [-0.15, -0.1) is 0 Å². The van der Waals surface area contributed by atoms with E-state index in [1.165, 1.54) is 0 Å². The molecule has 6 heteroatoms. The van der Waals surface area contributed by atoms with Gasteiger partial charge in [-0.2, -0.15) is 0 Å². The van der Waals surface area contributed by atoms with Crippen LogP contribution in [0, 0.1) is 6.92 Å². The summed E-state index contributed by atoms with van der Waals surface area (Å²) in [7, 11) is 0. The number of nitrogens with one attached hydrogen (secondary N) is 1. The minimum absolute atomic E-state index is 0.0597. The van der Waals surface area contributed by atoms with Crippen LogP contribution in [0.2, 0.25) is 0 Å². The van der Waals surface area contributed by atoms with Crippen molar-refractivity contribution >= 4 is 5.65 Å². The monoisotopic (exact) mass is 393 g/mol. The molecule has 29 heavy (non-hydrogen) atoms. The summed E-state index contributed by atoms with van der Waals surface area (Å²) >= 11 is 0.